The predicted octanol–water partition coefficient (Wildman–Crippen LogP) is 1.89. The summed E-state index contributed by atoms with van der Waals surface area (Å²) < 4.78 is 0. The molecular formula is C19H22N4O. The number of rotatable bonds is 3. The number of anilines is 1. The Balaban J connectivity index is 2.27. The number of amides is 1. The molecule has 0 bridgehead atoms. The Kier molecular flexibility index (Phi) is 4.53. The van der Waals surface area contributed by atoms with Crippen LogP contribution in [0, 0.1) is 0 Å². The quantitative estimate of drug-likeness (QED) is 0.805. The van der Waals surface area contributed by atoms with Gasteiger partial charge in [0.05, 0.1) is 23.6 Å². The number of nitrogens with two attached hydrogens (primary N) is 2. The highest BCUT2D eigenvalue weighted by molar-refractivity contribution is 6.01. The Morgan fingerprint density at radius 1 is 1.12 bits per heavy atom. The molecule has 1 amide bonds. The third kappa shape index (κ3) is 2.74. The van der Waals surface area contributed by atoms with E-state index in [0.717, 1.165) is 28.1 Å². The summed E-state index contributed by atoms with van der Waals surface area (Å²) in [5.41, 5.74) is 17.3. The molecule has 5 nitrogen and oxygen atoms in total. The summed E-state index contributed by atoms with van der Waals surface area (Å²) in [5.74, 6) is 0.00989. The van der Waals surface area contributed by atoms with E-state index in [2.05, 4.69) is 5.32 Å². The molecule has 0 aromatic heterocycles. The number of carbonyl (C=O) groups excluding carboxylic acids is 1. The Morgan fingerprint density at radius 2 is 1.79 bits per heavy atom. The molecule has 1 aliphatic heterocycles. The van der Waals surface area contributed by atoms with Crippen molar-refractivity contribution >= 4 is 23.0 Å². The Bertz CT molecular complexity index is 797. The van der Waals surface area contributed by atoms with E-state index < -0.39 is 0 Å². The van der Waals surface area contributed by atoms with Crippen molar-refractivity contribution in [1.82, 2.24) is 5.32 Å². The van der Waals surface area contributed by atoms with Gasteiger partial charge >= 0.3 is 0 Å². The third-order valence-electron chi connectivity index (χ3n) is 4.28. The van der Waals surface area contributed by atoms with Crippen LogP contribution in [0.1, 0.15) is 23.1 Å². The van der Waals surface area contributed by atoms with Gasteiger partial charge in [-0.3, -0.25) is 4.79 Å². The fraction of sp³-hybridized carbons (Fsp3) is 0.211. The lowest BCUT2D eigenvalue weighted by molar-refractivity contribution is -0.118. The van der Waals surface area contributed by atoms with Gasteiger partial charge in [0.1, 0.15) is 0 Å². The topological polar surface area (TPSA) is 84.4 Å². The molecule has 0 spiro atoms. The molecule has 0 radical (unpaired) electrons. The van der Waals surface area contributed by atoms with E-state index in [-0.39, 0.29) is 5.91 Å². The number of para-hydroxylation sites is 1. The van der Waals surface area contributed by atoms with Gasteiger partial charge in [-0.05, 0) is 11.6 Å². The molecule has 0 unspecified atom stereocenters. The van der Waals surface area contributed by atoms with E-state index in [1.54, 1.807) is 4.90 Å². The second-order valence-electron chi connectivity index (χ2n) is 5.73. The molecule has 0 atom stereocenters. The minimum Gasteiger partial charge on any atom is -0.397 e. The van der Waals surface area contributed by atoms with Gasteiger partial charge in [0, 0.05) is 31.1 Å². The molecule has 1 aliphatic rings. The first-order valence-corrected chi connectivity index (χ1v) is 8.03. The van der Waals surface area contributed by atoms with Gasteiger partial charge in [-0.15, -0.1) is 0 Å². The summed E-state index contributed by atoms with van der Waals surface area (Å²) in [5, 5.41) is 3.20. The second-order valence-corrected chi connectivity index (χ2v) is 5.73. The number of fused-ring (bicyclic) bond motifs is 2. The highest BCUT2D eigenvalue weighted by atomic mass is 16.2. The maximum atomic E-state index is 12.7. The monoisotopic (exact) mass is 322 g/mol. The van der Waals surface area contributed by atoms with Gasteiger partial charge in [0.15, 0.2) is 0 Å². The lowest BCUT2D eigenvalue weighted by atomic mass is 9.96. The fourth-order valence-electron chi connectivity index (χ4n) is 3.13. The van der Waals surface area contributed by atoms with Gasteiger partial charge < -0.3 is 21.7 Å². The Labute approximate surface area is 141 Å². The molecule has 0 fully saturated rings. The van der Waals surface area contributed by atoms with Gasteiger partial charge in [0.2, 0.25) is 5.91 Å². The summed E-state index contributed by atoms with van der Waals surface area (Å²) in [6, 6.07) is 15.7. The molecule has 3 rings (SSSR count). The van der Waals surface area contributed by atoms with Gasteiger partial charge in [0.25, 0.3) is 0 Å². The molecule has 5 heteroatoms. The predicted molar refractivity (Wildman–Crippen MR) is 97.8 cm³/mol. The van der Waals surface area contributed by atoms with Crippen LogP contribution in [0.2, 0.25) is 0 Å². The van der Waals surface area contributed by atoms with Crippen LogP contribution in [-0.2, 0) is 11.3 Å². The minimum absolute atomic E-state index is 0.00989. The van der Waals surface area contributed by atoms with Crippen molar-refractivity contribution in [3.63, 3.8) is 0 Å². The van der Waals surface area contributed by atoms with Crippen molar-refractivity contribution in [2.24, 2.45) is 11.5 Å². The number of hydrogen-bond donors (Lipinski definition) is 3. The Morgan fingerprint density at radius 3 is 2.50 bits per heavy atom. The fourth-order valence-corrected chi connectivity index (χ4v) is 3.13. The smallest absolute Gasteiger partial charge is 0.228 e. The maximum Gasteiger partial charge on any atom is 0.228 e. The van der Waals surface area contributed by atoms with E-state index in [1.807, 2.05) is 55.6 Å². The molecule has 2 aromatic rings. The first kappa shape index (κ1) is 16.1. The van der Waals surface area contributed by atoms with Crippen LogP contribution in [0.3, 0.4) is 0 Å². The van der Waals surface area contributed by atoms with Crippen LogP contribution < -0.4 is 21.7 Å². The zero-order valence-corrected chi connectivity index (χ0v) is 13.8. The molecule has 5 N–H and O–H groups in total. The normalized spacial score (nSPS) is 16.7. The van der Waals surface area contributed by atoms with Crippen LogP contribution >= 0.6 is 0 Å². The van der Waals surface area contributed by atoms with Crippen molar-refractivity contribution in [3.8, 4) is 0 Å². The largest absolute Gasteiger partial charge is 0.397 e. The molecule has 2 aromatic carbocycles. The van der Waals surface area contributed by atoms with Gasteiger partial charge in [-0.25, -0.2) is 0 Å². The zero-order valence-electron chi connectivity index (χ0n) is 13.8. The van der Waals surface area contributed by atoms with E-state index in [4.69, 9.17) is 11.5 Å². The summed E-state index contributed by atoms with van der Waals surface area (Å²) >= 11 is 0. The van der Waals surface area contributed by atoms with E-state index in [1.165, 1.54) is 0 Å². The van der Waals surface area contributed by atoms with Gasteiger partial charge in [-0.1, -0.05) is 42.5 Å². The average Bonchev–Trinajstić information content (AvgIpc) is 2.60. The van der Waals surface area contributed by atoms with Crippen molar-refractivity contribution < 1.29 is 4.79 Å². The SMILES string of the molecule is CN/C1=C(\N)c2ccccc2CN(C(=O)CCN)c2ccccc21. The number of nitrogens with one attached hydrogen (secondary N) is 1. The standard InChI is InChI=1S/C19H22N4O/c1-22-19-15-8-4-5-9-16(15)23(17(24)10-11-20)12-13-6-2-3-7-14(13)18(19)21/h2-9,22H,10-12,20-21H2,1H3/b19-18-. The highest BCUT2D eigenvalue weighted by Gasteiger charge is 2.25. The van der Waals surface area contributed by atoms with Crippen molar-refractivity contribution in [2.45, 2.75) is 13.0 Å². The molecule has 1 heterocycles. The van der Waals surface area contributed by atoms with Crippen molar-refractivity contribution in [3.05, 3.63) is 65.2 Å². The number of carbonyl (C=O) groups is 1. The first-order valence-electron chi connectivity index (χ1n) is 8.03. The molecule has 0 saturated heterocycles. The number of hydrogen-bond acceptors (Lipinski definition) is 4. The van der Waals surface area contributed by atoms with Crippen LogP contribution in [0.15, 0.2) is 48.5 Å². The molecular weight excluding hydrogens is 300 g/mol. The first-order chi connectivity index (χ1) is 11.7. The van der Waals surface area contributed by atoms with Crippen LogP contribution in [0.25, 0.3) is 11.4 Å². The van der Waals surface area contributed by atoms with Crippen molar-refractivity contribution in [2.75, 3.05) is 18.5 Å². The third-order valence-corrected chi connectivity index (χ3v) is 4.28. The number of benzene rings is 2. The molecule has 0 saturated carbocycles. The second kappa shape index (κ2) is 6.76. The lowest BCUT2D eigenvalue weighted by Gasteiger charge is -2.30. The zero-order chi connectivity index (χ0) is 17.1. The summed E-state index contributed by atoms with van der Waals surface area (Å²) in [4.78, 5) is 14.5. The summed E-state index contributed by atoms with van der Waals surface area (Å²) in [6.45, 7) is 0.805. The van der Waals surface area contributed by atoms with Crippen molar-refractivity contribution in [1.29, 1.82) is 0 Å². The molecule has 0 aliphatic carbocycles. The highest BCUT2D eigenvalue weighted by Crippen LogP contribution is 2.34. The van der Waals surface area contributed by atoms with E-state index >= 15 is 0 Å². The van der Waals surface area contributed by atoms with E-state index in [0.29, 0.717) is 25.2 Å². The maximum absolute atomic E-state index is 12.7. The Hall–Kier alpha value is -2.79. The van der Waals surface area contributed by atoms with Crippen LogP contribution in [-0.4, -0.2) is 19.5 Å². The summed E-state index contributed by atoms with van der Waals surface area (Å²) in [7, 11) is 1.84. The van der Waals surface area contributed by atoms with E-state index in [9.17, 15) is 4.79 Å². The minimum atomic E-state index is 0.00989. The lowest BCUT2D eigenvalue weighted by Crippen LogP contribution is -2.34. The number of nitrogens with zero attached hydrogens (tertiary/aromatic N) is 1. The molecule has 124 valence electrons. The molecule has 24 heavy (non-hydrogen) atoms. The van der Waals surface area contributed by atoms with Crippen LogP contribution in [0.5, 0.6) is 0 Å². The summed E-state index contributed by atoms with van der Waals surface area (Å²) in [6.07, 6.45) is 0.310. The van der Waals surface area contributed by atoms with Gasteiger partial charge in [-0.2, -0.15) is 0 Å². The van der Waals surface area contributed by atoms with Crippen LogP contribution in [0.4, 0.5) is 5.69 Å². The average molecular weight is 322 g/mol.